The van der Waals surface area contributed by atoms with Gasteiger partial charge in [0, 0.05) is 12.8 Å². The van der Waals surface area contributed by atoms with Gasteiger partial charge in [0.25, 0.3) is 0 Å². The third kappa shape index (κ3) is 3.72. The quantitative estimate of drug-likeness (QED) is 0.332. The molecule has 0 bridgehead atoms. The Balaban J connectivity index is 4.79. The number of rotatable bonds is 4. The van der Waals surface area contributed by atoms with E-state index >= 15 is 0 Å². The predicted molar refractivity (Wildman–Crippen MR) is 55.3 cm³/mol. The molecule has 1 radical (unpaired) electrons. The van der Waals surface area contributed by atoms with Crippen LogP contribution in [0.4, 0.5) is 0 Å². The zero-order valence-corrected chi connectivity index (χ0v) is 9.33. The van der Waals surface area contributed by atoms with Crippen molar-refractivity contribution in [3.8, 4) is 6.07 Å². The summed E-state index contributed by atoms with van der Waals surface area (Å²) in [7, 11) is 0. The Bertz CT molecular complexity index is 304. The number of nitrogens with zero attached hydrogens (tertiary/aromatic N) is 1. The second-order valence-electron chi connectivity index (χ2n) is 3.43. The van der Waals surface area contributed by atoms with Crippen LogP contribution in [0.3, 0.4) is 0 Å². The van der Waals surface area contributed by atoms with Gasteiger partial charge in [-0.1, -0.05) is 12.5 Å². The lowest BCUT2D eigenvalue weighted by Gasteiger charge is -2.24. The Morgan fingerprint density at radius 3 is 2.40 bits per heavy atom. The first kappa shape index (κ1) is 13.7. The lowest BCUT2D eigenvalue weighted by molar-refractivity contribution is -0.204. The van der Waals surface area contributed by atoms with E-state index in [0.717, 1.165) is 0 Å². The second kappa shape index (κ2) is 5.52. The summed E-state index contributed by atoms with van der Waals surface area (Å²) in [5.41, 5.74) is 0.486. The van der Waals surface area contributed by atoms with Crippen LogP contribution in [0, 0.1) is 18.3 Å². The van der Waals surface area contributed by atoms with Gasteiger partial charge in [0.05, 0.1) is 0 Å². The van der Waals surface area contributed by atoms with Gasteiger partial charge >= 0.3 is 5.97 Å². The number of allylic oxidation sites excluding steroid dienone is 1. The Morgan fingerprint density at radius 1 is 1.60 bits per heavy atom. The summed E-state index contributed by atoms with van der Waals surface area (Å²) in [5.74, 6) is -2.38. The topological polar surface area (TPSA) is 70.3 Å². The summed E-state index contributed by atoms with van der Waals surface area (Å²) in [6, 6.07) is 1.75. The molecule has 0 aliphatic heterocycles. The maximum Gasteiger partial charge on any atom is 0.351 e. The van der Waals surface area contributed by atoms with Gasteiger partial charge in [-0.3, -0.25) is 0 Å². The third-order valence-corrected chi connectivity index (χ3v) is 2.04. The SMILES string of the molecule is [CH2]CC(O)(CC)OC(=O)C(C#N)=C(C)C. The molecule has 0 amide bonds. The Hall–Kier alpha value is -1.34. The molecule has 0 saturated carbocycles. The van der Waals surface area contributed by atoms with Gasteiger partial charge < -0.3 is 9.84 Å². The van der Waals surface area contributed by atoms with Crippen LogP contribution in [0.15, 0.2) is 11.1 Å². The van der Waals surface area contributed by atoms with E-state index in [-0.39, 0.29) is 18.4 Å². The monoisotopic (exact) mass is 210 g/mol. The highest BCUT2D eigenvalue weighted by Crippen LogP contribution is 2.18. The van der Waals surface area contributed by atoms with Crippen LogP contribution >= 0.6 is 0 Å². The van der Waals surface area contributed by atoms with Crippen LogP contribution in [-0.2, 0) is 9.53 Å². The van der Waals surface area contributed by atoms with Crippen molar-refractivity contribution in [3.63, 3.8) is 0 Å². The molecule has 0 spiro atoms. The van der Waals surface area contributed by atoms with Gasteiger partial charge in [0.15, 0.2) is 0 Å². The van der Waals surface area contributed by atoms with Crippen molar-refractivity contribution in [2.75, 3.05) is 0 Å². The average molecular weight is 210 g/mol. The summed E-state index contributed by atoms with van der Waals surface area (Å²) in [5, 5.41) is 18.4. The molecule has 0 aromatic rings. The molecule has 0 aliphatic carbocycles. The van der Waals surface area contributed by atoms with Crippen LogP contribution < -0.4 is 0 Å². The van der Waals surface area contributed by atoms with Crippen molar-refractivity contribution in [2.45, 2.75) is 39.4 Å². The van der Waals surface area contributed by atoms with Crippen molar-refractivity contribution in [1.82, 2.24) is 0 Å². The number of aliphatic hydroxyl groups is 1. The molecule has 0 saturated heterocycles. The first-order valence-electron chi connectivity index (χ1n) is 4.72. The van der Waals surface area contributed by atoms with Gasteiger partial charge in [0.1, 0.15) is 11.6 Å². The highest BCUT2D eigenvalue weighted by Gasteiger charge is 2.28. The number of esters is 1. The Labute approximate surface area is 90.2 Å². The smallest absolute Gasteiger partial charge is 0.351 e. The van der Waals surface area contributed by atoms with Gasteiger partial charge in [0.2, 0.25) is 5.79 Å². The van der Waals surface area contributed by atoms with E-state index < -0.39 is 11.8 Å². The average Bonchev–Trinajstić information content (AvgIpc) is 2.18. The van der Waals surface area contributed by atoms with Gasteiger partial charge in [-0.05, 0) is 20.8 Å². The molecule has 0 aliphatic rings. The van der Waals surface area contributed by atoms with E-state index in [1.807, 2.05) is 0 Å². The summed E-state index contributed by atoms with van der Waals surface area (Å²) in [6.45, 7) is 8.43. The number of nitriles is 1. The van der Waals surface area contributed by atoms with Crippen molar-refractivity contribution in [3.05, 3.63) is 18.1 Å². The van der Waals surface area contributed by atoms with Crippen molar-refractivity contribution in [2.24, 2.45) is 0 Å². The van der Waals surface area contributed by atoms with Gasteiger partial charge in [-0.25, -0.2) is 4.79 Å². The largest absolute Gasteiger partial charge is 0.429 e. The fourth-order valence-corrected chi connectivity index (χ4v) is 0.885. The number of ether oxygens (including phenoxy) is 1. The molecule has 4 heteroatoms. The summed E-state index contributed by atoms with van der Waals surface area (Å²) >= 11 is 0. The minimum atomic E-state index is -1.57. The summed E-state index contributed by atoms with van der Waals surface area (Å²) < 4.78 is 4.82. The van der Waals surface area contributed by atoms with E-state index in [2.05, 4.69) is 6.92 Å². The molecule has 1 N–H and O–H groups in total. The first-order valence-corrected chi connectivity index (χ1v) is 4.72. The van der Waals surface area contributed by atoms with Crippen LogP contribution in [-0.4, -0.2) is 16.9 Å². The maximum atomic E-state index is 11.5. The van der Waals surface area contributed by atoms with Crippen LogP contribution in [0.1, 0.15) is 33.6 Å². The molecule has 4 nitrogen and oxygen atoms in total. The molecule has 15 heavy (non-hydrogen) atoms. The molecule has 0 aromatic carbocycles. The normalized spacial score (nSPS) is 10.4. The summed E-state index contributed by atoms with van der Waals surface area (Å²) in [4.78, 5) is 11.5. The Kier molecular flexibility index (Phi) is 5.03. The molecular weight excluding hydrogens is 194 g/mol. The zero-order valence-electron chi connectivity index (χ0n) is 9.33. The molecule has 1 atom stereocenters. The molecular formula is C11H16NO3. The number of hydrogen-bond donors (Lipinski definition) is 1. The van der Waals surface area contributed by atoms with E-state index in [0.29, 0.717) is 5.57 Å². The van der Waals surface area contributed by atoms with Crippen molar-refractivity contribution >= 4 is 5.97 Å². The van der Waals surface area contributed by atoms with Crippen LogP contribution in [0.5, 0.6) is 0 Å². The first-order chi connectivity index (χ1) is 6.90. The fourth-order valence-electron chi connectivity index (χ4n) is 0.885. The van der Waals surface area contributed by atoms with Crippen LogP contribution in [0.25, 0.3) is 0 Å². The van der Waals surface area contributed by atoms with E-state index in [4.69, 9.17) is 10.00 Å². The number of carbonyl (C=O) groups excluding carboxylic acids is 1. The fraction of sp³-hybridized carbons (Fsp3) is 0.545. The molecule has 0 fully saturated rings. The van der Waals surface area contributed by atoms with Crippen molar-refractivity contribution < 1.29 is 14.6 Å². The molecule has 0 aromatic heterocycles. The molecule has 0 rings (SSSR count). The van der Waals surface area contributed by atoms with E-state index in [1.165, 1.54) is 0 Å². The van der Waals surface area contributed by atoms with E-state index in [1.54, 1.807) is 26.8 Å². The predicted octanol–water partition coefficient (Wildman–Crippen LogP) is 1.71. The third-order valence-electron chi connectivity index (χ3n) is 2.04. The van der Waals surface area contributed by atoms with Gasteiger partial charge in [-0.15, -0.1) is 0 Å². The van der Waals surface area contributed by atoms with Crippen molar-refractivity contribution in [1.29, 1.82) is 5.26 Å². The maximum absolute atomic E-state index is 11.5. The minimum absolute atomic E-state index is 0.0523. The zero-order chi connectivity index (χ0) is 12.1. The standard InChI is InChI=1S/C11H16NO3/c1-5-11(14,6-2)15-10(13)9(7-12)8(3)4/h14H,1,5-6H2,2-4H3. The highest BCUT2D eigenvalue weighted by atomic mass is 16.7. The number of hydrogen-bond acceptors (Lipinski definition) is 4. The van der Waals surface area contributed by atoms with E-state index in [9.17, 15) is 9.90 Å². The molecule has 1 unspecified atom stereocenters. The lowest BCUT2D eigenvalue weighted by Crippen LogP contribution is -2.34. The summed E-state index contributed by atoms with van der Waals surface area (Å²) in [6.07, 6.45) is 0.292. The lowest BCUT2D eigenvalue weighted by atomic mass is 10.1. The second-order valence-corrected chi connectivity index (χ2v) is 3.43. The molecule has 83 valence electrons. The Morgan fingerprint density at radius 2 is 2.13 bits per heavy atom. The van der Waals surface area contributed by atoms with Gasteiger partial charge in [-0.2, -0.15) is 5.26 Å². The van der Waals surface area contributed by atoms with Crippen LogP contribution in [0.2, 0.25) is 0 Å². The number of carbonyl (C=O) groups is 1. The molecule has 0 heterocycles. The highest BCUT2D eigenvalue weighted by molar-refractivity contribution is 5.93. The minimum Gasteiger partial charge on any atom is -0.429 e.